The Kier molecular flexibility index (Phi) is 26.9. The van der Waals surface area contributed by atoms with Crippen LogP contribution in [0.5, 0.6) is 0 Å². The highest BCUT2D eigenvalue weighted by Gasteiger charge is 2.37. The van der Waals surface area contributed by atoms with Crippen LogP contribution in [-0.2, 0) is 57.5 Å². The molecule has 0 bridgehead atoms. The molecule has 0 radical (unpaired) electrons. The Morgan fingerprint density at radius 1 is 0.500 bits per heavy atom. The quantitative estimate of drug-likeness (QED) is 0.0572. The molecular formula is C40H70N14O14. The summed E-state index contributed by atoms with van der Waals surface area (Å²) >= 11 is 0. The fraction of sp³-hybridized carbons (Fsp3) is 0.700. The number of aliphatic hydroxyl groups excluding tert-OH is 1. The summed E-state index contributed by atoms with van der Waals surface area (Å²) in [5, 5.41) is 41.5. The van der Waals surface area contributed by atoms with Crippen molar-refractivity contribution >= 4 is 70.9 Å². The van der Waals surface area contributed by atoms with Crippen LogP contribution in [0.4, 0.5) is 0 Å². The molecule has 9 atom stereocenters. The van der Waals surface area contributed by atoms with Gasteiger partial charge in [-0.3, -0.25) is 57.5 Å². The summed E-state index contributed by atoms with van der Waals surface area (Å²) in [7, 11) is 0. The number of carbonyl (C=O) groups excluding carboxylic acids is 11. The van der Waals surface area contributed by atoms with Crippen molar-refractivity contribution in [1.29, 1.82) is 0 Å². The first kappa shape index (κ1) is 59.5. The molecule has 384 valence electrons. The van der Waals surface area contributed by atoms with Crippen LogP contribution >= 0.6 is 0 Å². The molecule has 28 heteroatoms. The largest absolute Gasteiger partial charge is 0.481 e. The van der Waals surface area contributed by atoms with Gasteiger partial charge in [0.15, 0.2) is 0 Å². The van der Waals surface area contributed by atoms with E-state index in [1.165, 1.54) is 13.8 Å². The zero-order valence-corrected chi connectivity index (χ0v) is 38.6. The summed E-state index contributed by atoms with van der Waals surface area (Å²) in [5.74, 6) is -13.4. The molecule has 0 aromatic carbocycles. The standard InChI is InChI=1S/C40H70N14O14/c1-19(2)31-39(67)52-26(17-28(45)57)38(66)48-21(7-4-14-41)33(61)46-18-29(58)47-24(10-12-27(44)56)34(62)50-25(11-13-30(59)60)35(63)49-22(8-5-15-42)37(65)54-32(20(3)55)40(68)51-23(9-6-16-43)36(64)53-31/h19-26,31-32,55H,4-18,41-43H2,1-3H3,(H2,44,56)(H2,45,57)(H,46,61)(H,47,58)(H,48,66)(H,49,63)(H,50,62)(H,51,68)(H,52,67)(H,53,64)(H,54,65)(H,59,60)/t20-,21+,22+,23+,24+,25+,26+,31+,32+/m1/s1. The molecule has 21 N–H and O–H groups in total. The van der Waals surface area contributed by atoms with E-state index in [4.69, 9.17) is 28.7 Å². The van der Waals surface area contributed by atoms with Crippen LogP contribution < -0.4 is 76.5 Å². The fourth-order valence-corrected chi connectivity index (χ4v) is 6.60. The lowest BCUT2D eigenvalue weighted by Gasteiger charge is -2.29. The van der Waals surface area contributed by atoms with Crippen LogP contribution in [0.2, 0.25) is 0 Å². The van der Waals surface area contributed by atoms with Gasteiger partial charge in [0.2, 0.25) is 65.0 Å². The van der Waals surface area contributed by atoms with Gasteiger partial charge in [-0.15, -0.1) is 0 Å². The molecule has 68 heavy (non-hydrogen) atoms. The summed E-state index contributed by atoms with van der Waals surface area (Å²) < 4.78 is 0. The minimum atomic E-state index is -1.79. The van der Waals surface area contributed by atoms with Gasteiger partial charge in [-0.05, 0) is 83.8 Å². The van der Waals surface area contributed by atoms with Gasteiger partial charge in [0.05, 0.1) is 19.1 Å². The van der Waals surface area contributed by atoms with Gasteiger partial charge in [-0.25, -0.2) is 0 Å². The normalized spacial score (nSPS) is 25.1. The molecule has 0 aromatic rings. The Bertz CT molecular complexity index is 1800. The van der Waals surface area contributed by atoms with Gasteiger partial charge < -0.3 is 86.7 Å². The van der Waals surface area contributed by atoms with Gasteiger partial charge in [0.1, 0.15) is 48.3 Å². The van der Waals surface area contributed by atoms with Gasteiger partial charge in [0, 0.05) is 12.8 Å². The number of rotatable bonds is 19. The van der Waals surface area contributed by atoms with Crippen molar-refractivity contribution in [2.75, 3.05) is 26.2 Å². The number of aliphatic hydroxyl groups is 1. The van der Waals surface area contributed by atoms with Crippen molar-refractivity contribution in [3.05, 3.63) is 0 Å². The van der Waals surface area contributed by atoms with E-state index >= 15 is 0 Å². The lowest BCUT2D eigenvalue weighted by molar-refractivity contribution is -0.139. The van der Waals surface area contributed by atoms with Crippen LogP contribution in [0.3, 0.4) is 0 Å². The highest BCUT2D eigenvalue weighted by atomic mass is 16.4. The molecule has 1 heterocycles. The molecule has 0 aromatic heterocycles. The predicted molar refractivity (Wildman–Crippen MR) is 239 cm³/mol. The van der Waals surface area contributed by atoms with Crippen LogP contribution in [0.15, 0.2) is 0 Å². The van der Waals surface area contributed by atoms with E-state index in [9.17, 15) is 67.7 Å². The maximum atomic E-state index is 13.8. The van der Waals surface area contributed by atoms with E-state index in [0.717, 1.165) is 6.92 Å². The molecular weight excluding hydrogens is 901 g/mol. The lowest BCUT2D eigenvalue weighted by atomic mass is 10.0. The molecule has 1 rings (SSSR count). The van der Waals surface area contributed by atoms with E-state index in [1.54, 1.807) is 0 Å². The molecule has 28 nitrogen and oxygen atoms in total. The van der Waals surface area contributed by atoms with Crippen molar-refractivity contribution in [3.8, 4) is 0 Å². The van der Waals surface area contributed by atoms with Gasteiger partial charge in [-0.1, -0.05) is 13.8 Å². The first-order chi connectivity index (χ1) is 31.9. The van der Waals surface area contributed by atoms with E-state index in [2.05, 4.69) is 47.9 Å². The maximum absolute atomic E-state index is 13.8. The van der Waals surface area contributed by atoms with Crippen LogP contribution in [0, 0.1) is 5.92 Å². The SMILES string of the molecule is CC(C)[C@@H]1NC(=O)[C@H](CCCN)NC(=O)[C@H]([C@@H](C)O)NC(=O)[C@H](CCCN)NC(=O)[C@H](CCC(=O)O)NC(=O)[C@H](CCC(N)=O)NC(=O)CNC(=O)[C@H](CCCN)NC(=O)[C@H](CC(N)=O)NC1=O. The highest BCUT2D eigenvalue weighted by molar-refractivity contribution is 5.99. The van der Waals surface area contributed by atoms with Crippen molar-refractivity contribution in [2.45, 2.75) is 146 Å². The summed E-state index contributed by atoms with van der Waals surface area (Å²) in [6, 6.07) is -12.7. The average Bonchev–Trinajstić information content (AvgIpc) is 3.26. The third-order valence-electron chi connectivity index (χ3n) is 10.4. The molecule has 0 unspecified atom stereocenters. The van der Waals surface area contributed by atoms with Crippen LogP contribution in [0.25, 0.3) is 0 Å². The minimum absolute atomic E-state index is 0.00114. The Labute approximate surface area is 392 Å². The number of carboxylic acid groups (broad SMARTS) is 1. The zero-order chi connectivity index (χ0) is 51.7. The Hall–Kier alpha value is -6.52. The Morgan fingerprint density at radius 2 is 0.868 bits per heavy atom. The monoisotopic (exact) mass is 971 g/mol. The summed E-state index contributed by atoms with van der Waals surface area (Å²) in [4.78, 5) is 158. The topological polar surface area (TPSA) is 484 Å². The second-order valence-corrected chi connectivity index (χ2v) is 16.5. The van der Waals surface area contributed by atoms with Crippen molar-refractivity contribution in [1.82, 2.24) is 47.9 Å². The first-order valence-electron chi connectivity index (χ1n) is 22.2. The van der Waals surface area contributed by atoms with Crippen LogP contribution in [0.1, 0.15) is 91.4 Å². The number of hydrogen-bond donors (Lipinski definition) is 16. The molecule has 11 amide bonds. The molecule has 1 aliphatic rings. The zero-order valence-electron chi connectivity index (χ0n) is 38.6. The predicted octanol–water partition coefficient (Wildman–Crippen LogP) is -7.75. The number of nitrogens with two attached hydrogens (primary N) is 5. The first-order valence-corrected chi connectivity index (χ1v) is 22.2. The molecule has 1 fully saturated rings. The van der Waals surface area contributed by atoms with Gasteiger partial charge in [-0.2, -0.15) is 0 Å². The number of carbonyl (C=O) groups is 12. The number of carboxylic acids is 1. The van der Waals surface area contributed by atoms with E-state index in [1.807, 2.05) is 0 Å². The van der Waals surface area contributed by atoms with E-state index in [0.29, 0.717) is 0 Å². The fourth-order valence-electron chi connectivity index (χ4n) is 6.60. The molecule has 0 saturated carbocycles. The van der Waals surface area contributed by atoms with E-state index in [-0.39, 0.29) is 58.2 Å². The number of nitrogens with one attached hydrogen (secondary N) is 9. The van der Waals surface area contributed by atoms with E-state index < -0.39 is 170 Å². The Morgan fingerprint density at radius 3 is 1.29 bits per heavy atom. The smallest absolute Gasteiger partial charge is 0.303 e. The number of primary amides is 2. The number of amides is 11. The number of hydrogen-bond acceptors (Lipinski definition) is 16. The van der Waals surface area contributed by atoms with Gasteiger partial charge >= 0.3 is 5.97 Å². The Balaban J connectivity index is 3.95. The molecule has 0 spiro atoms. The summed E-state index contributed by atoms with van der Waals surface area (Å²) in [5.41, 5.74) is 27.7. The van der Waals surface area contributed by atoms with Crippen molar-refractivity contribution in [3.63, 3.8) is 0 Å². The second kappa shape index (κ2) is 30.7. The van der Waals surface area contributed by atoms with Crippen LogP contribution in [-0.4, -0.2) is 162 Å². The summed E-state index contributed by atoms with van der Waals surface area (Å²) in [6.45, 7) is 3.44. The maximum Gasteiger partial charge on any atom is 0.303 e. The van der Waals surface area contributed by atoms with Crippen molar-refractivity contribution < 1.29 is 67.7 Å². The third-order valence-corrected chi connectivity index (χ3v) is 10.4. The highest BCUT2D eigenvalue weighted by Crippen LogP contribution is 2.10. The number of aliphatic carboxylic acids is 1. The van der Waals surface area contributed by atoms with Crippen molar-refractivity contribution in [2.24, 2.45) is 34.6 Å². The lowest BCUT2D eigenvalue weighted by Crippen LogP contribution is -2.62. The average molecular weight is 971 g/mol. The molecule has 1 saturated heterocycles. The second-order valence-electron chi connectivity index (χ2n) is 16.5. The molecule has 1 aliphatic heterocycles. The summed E-state index contributed by atoms with van der Waals surface area (Å²) in [6.07, 6.45) is -4.67. The minimum Gasteiger partial charge on any atom is -0.481 e. The molecule has 0 aliphatic carbocycles. The van der Waals surface area contributed by atoms with Gasteiger partial charge in [0.25, 0.3) is 0 Å². The third kappa shape index (κ3) is 21.9.